The van der Waals surface area contributed by atoms with Crippen LogP contribution >= 0.6 is 0 Å². The molecule has 0 spiro atoms. The molecule has 1 amide bonds. The second-order valence-electron chi connectivity index (χ2n) is 5.32. The molecule has 20 heavy (non-hydrogen) atoms. The van der Waals surface area contributed by atoms with Crippen LogP contribution in [0.2, 0.25) is 0 Å². The van der Waals surface area contributed by atoms with Crippen LogP contribution in [0.4, 0.5) is 0 Å². The molecule has 1 aliphatic heterocycles. The third-order valence-corrected chi connectivity index (χ3v) is 3.86. The first-order valence-corrected chi connectivity index (χ1v) is 7.15. The van der Waals surface area contributed by atoms with Crippen molar-refractivity contribution in [3.05, 3.63) is 34.9 Å². The van der Waals surface area contributed by atoms with E-state index in [4.69, 9.17) is 5.11 Å². The minimum atomic E-state index is -0.191. The van der Waals surface area contributed by atoms with Gasteiger partial charge >= 0.3 is 0 Å². The summed E-state index contributed by atoms with van der Waals surface area (Å²) >= 11 is 0. The highest BCUT2D eigenvalue weighted by Gasteiger charge is 2.26. The number of carbonyl (C=O) groups is 1. The highest BCUT2D eigenvalue weighted by atomic mass is 16.2. The number of hydrogen-bond acceptors (Lipinski definition) is 2. The van der Waals surface area contributed by atoms with Gasteiger partial charge in [-0.15, -0.1) is 0 Å². The van der Waals surface area contributed by atoms with Crippen LogP contribution in [0, 0.1) is 24.7 Å². The van der Waals surface area contributed by atoms with Gasteiger partial charge in [0.05, 0.1) is 5.56 Å². The normalized spacial score (nSPS) is 17.8. The summed E-state index contributed by atoms with van der Waals surface area (Å²) in [6, 6.07) is 5.69. The molecule has 1 aliphatic rings. The summed E-state index contributed by atoms with van der Waals surface area (Å²) in [4.78, 5) is 14.5. The van der Waals surface area contributed by atoms with Crippen molar-refractivity contribution in [3.8, 4) is 11.8 Å². The number of amides is 1. The Hall–Kier alpha value is -1.79. The lowest BCUT2D eigenvalue weighted by Crippen LogP contribution is -2.29. The third kappa shape index (κ3) is 3.20. The lowest BCUT2D eigenvalue weighted by Gasteiger charge is -2.17. The topological polar surface area (TPSA) is 40.5 Å². The monoisotopic (exact) mass is 271 g/mol. The van der Waals surface area contributed by atoms with Crippen molar-refractivity contribution in [3.63, 3.8) is 0 Å². The zero-order chi connectivity index (χ0) is 14.5. The molecule has 106 valence electrons. The highest BCUT2D eigenvalue weighted by Crippen LogP contribution is 2.22. The van der Waals surface area contributed by atoms with E-state index in [1.165, 1.54) is 0 Å². The van der Waals surface area contributed by atoms with Gasteiger partial charge < -0.3 is 10.0 Å². The van der Waals surface area contributed by atoms with Crippen LogP contribution in [0.5, 0.6) is 0 Å². The zero-order valence-corrected chi connectivity index (χ0v) is 12.1. The van der Waals surface area contributed by atoms with Gasteiger partial charge in [0, 0.05) is 18.7 Å². The SMILES string of the molecule is CCC1CCN(C(=O)c2ccc(C)cc2C#CCO)C1. The van der Waals surface area contributed by atoms with Gasteiger partial charge in [-0.3, -0.25) is 4.79 Å². The summed E-state index contributed by atoms with van der Waals surface area (Å²) in [6.45, 7) is 5.63. The molecule has 2 rings (SSSR count). The van der Waals surface area contributed by atoms with E-state index in [-0.39, 0.29) is 12.5 Å². The van der Waals surface area contributed by atoms with Crippen molar-refractivity contribution in [2.75, 3.05) is 19.7 Å². The maximum Gasteiger partial charge on any atom is 0.255 e. The summed E-state index contributed by atoms with van der Waals surface area (Å²) in [7, 11) is 0. The van der Waals surface area contributed by atoms with Gasteiger partial charge in [-0.2, -0.15) is 0 Å². The number of benzene rings is 1. The molecule has 1 aromatic rings. The second-order valence-corrected chi connectivity index (χ2v) is 5.32. The van der Waals surface area contributed by atoms with E-state index in [0.29, 0.717) is 17.0 Å². The number of aliphatic hydroxyl groups excluding tert-OH is 1. The summed E-state index contributed by atoms with van der Waals surface area (Å²) in [5, 5.41) is 8.84. The molecule has 1 heterocycles. The Balaban J connectivity index is 2.25. The van der Waals surface area contributed by atoms with E-state index in [1.807, 2.05) is 30.0 Å². The number of likely N-dealkylation sites (tertiary alicyclic amines) is 1. The first-order chi connectivity index (χ1) is 9.65. The van der Waals surface area contributed by atoms with E-state index in [9.17, 15) is 4.79 Å². The van der Waals surface area contributed by atoms with Gasteiger partial charge in [0.25, 0.3) is 5.91 Å². The van der Waals surface area contributed by atoms with Gasteiger partial charge in [-0.05, 0) is 37.0 Å². The lowest BCUT2D eigenvalue weighted by atomic mass is 10.0. The van der Waals surface area contributed by atoms with Crippen molar-refractivity contribution < 1.29 is 9.90 Å². The quantitative estimate of drug-likeness (QED) is 0.838. The Kier molecular flexibility index (Phi) is 4.81. The smallest absolute Gasteiger partial charge is 0.255 e. The Bertz CT molecular complexity index is 554. The fourth-order valence-corrected chi connectivity index (χ4v) is 2.60. The van der Waals surface area contributed by atoms with Crippen molar-refractivity contribution in [1.29, 1.82) is 0 Å². The molecule has 1 atom stereocenters. The fraction of sp³-hybridized carbons (Fsp3) is 0.471. The average Bonchev–Trinajstić information content (AvgIpc) is 2.93. The molecule has 1 unspecified atom stereocenters. The van der Waals surface area contributed by atoms with Crippen molar-refractivity contribution in [1.82, 2.24) is 4.90 Å². The van der Waals surface area contributed by atoms with Crippen LogP contribution in [0.1, 0.15) is 41.3 Å². The Morgan fingerprint density at radius 3 is 2.95 bits per heavy atom. The standard InChI is InChI=1S/C17H21NO2/c1-3-14-8-9-18(12-14)17(20)16-7-6-13(2)11-15(16)5-4-10-19/h6-7,11,14,19H,3,8-10,12H2,1-2H3. The average molecular weight is 271 g/mol. The molecule has 1 fully saturated rings. The van der Waals surface area contributed by atoms with Crippen molar-refractivity contribution >= 4 is 5.91 Å². The fourth-order valence-electron chi connectivity index (χ4n) is 2.60. The van der Waals surface area contributed by atoms with Crippen LogP contribution in [0.25, 0.3) is 0 Å². The molecule has 3 heteroatoms. The van der Waals surface area contributed by atoms with Crippen LogP contribution < -0.4 is 0 Å². The first-order valence-electron chi connectivity index (χ1n) is 7.15. The second kappa shape index (κ2) is 6.58. The molecule has 0 radical (unpaired) electrons. The molecular formula is C17H21NO2. The molecule has 0 aromatic heterocycles. The molecular weight excluding hydrogens is 250 g/mol. The van der Waals surface area contributed by atoms with Crippen molar-refractivity contribution in [2.45, 2.75) is 26.7 Å². The molecule has 0 aliphatic carbocycles. The molecule has 1 saturated heterocycles. The summed E-state index contributed by atoms with van der Waals surface area (Å²) in [6.07, 6.45) is 2.21. The van der Waals surface area contributed by atoms with Gasteiger partial charge in [-0.1, -0.05) is 31.3 Å². The Morgan fingerprint density at radius 1 is 1.50 bits per heavy atom. The number of hydrogen-bond donors (Lipinski definition) is 1. The van der Waals surface area contributed by atoms with E-state index >= 15 is 0 Å². The van der Waals surface area contributed by atoms with Gasteiger partial charge in [0.1, 0.15) is 6.61 Å². The first kappa shape index (κ1) is 14.6. The van der Waals surface area contributed by atoms with E-state index in [2.05, 4.69) is 18.8 Å². The van der Waals surface area contributed by atoms with Crippen LogP contribution in [-0.2, 0) is 0 Å². The molecule has 1 aromatic carbocycles. The largest absolute Gasteiger partial charge is 0.384 e. The van der Waals surface area contributed by atoms with Gasteiger partial charge in [-0.25, -0.2) is 0 Å². The Morgan fingerprint density at radius 2 is 2.30 bits per heavy atom. The molecule has 3 nitrogen and oxygen atoms in total. The number of aliphatic hydroxyl groups is 1. The van der Waals surface area contributed by atoms with E-state index in [0.717, 1.165) is 31.5 Å². The number of aryl methyl sites for hydroxylation is 1. The number of nitrogens with zero attached hydrogens (tertiary/aromatic N) is 1. The molecule has 0 bridgehead atoms. The van der Waals surface area contributed by atoms with Gasteiger partial charge in [0.2, 0.25) is 0 Å². The maximum atomic E-state index is 12.6. The molecule has 1 N–H and O–H groups in total. The minimum absolute atomic E-state index is 0.0585. The predicted molar refractivity (Wildman–Crippen MR) is 79.4 cm³/mol. The number of rotatable bonds is 2. The van der Waals surface area contributed by atoms with E-state index in [1.54, 1.807) is 0 Å². The molecule has 0 saturated carbocycles. The Labute approximate surface area is 120 Å². The van der Waals surface area contributed by atoms with Crippen LogP contribution in [-0.4, -0.2) is 35.6 Å². The summed E-state index contributed by atoms with van der Waals surface area (Å²) in [5.41, 5.74) is 2.42. The van der Waals surface area contributed by atoms with Crippen molar-refractivity contribution in [2.24, 2.45) is 5.92 Å². The predicted octanol–water partition coefficient (Wildman–Crippen LogP) is 2.21. The van der Waals surface area contributed by atoms with Gasteiger partial charge in [0.15, 0.2) is 0 Å². The number of carbonyl (C=O) groups excluding carboxylic acids is 1. The highest BCUT2D eigenvalue weighted by molar-refractivity contribution is 5.97. The zero-order valence-electron chi connectivity index (χ0n) is 12.1. The maximum absolute atomic E-state index is 12.6. The third-order valence-electron chi connectivity index (χ3n) is 3.86. The minimum Gasteiger partial charge on any atom is -0.384 e. The summed E-state index contributed by atoms with van der Waals surface area (Å²) in [5.74, 6) is 6.20. The lowest BCUT2D eigenvalue weighted by molar-refractivity contribution is 0.0786. The summed E-state index contributed by atoms with van der Waals surface area (Å²) < 4.78 is 0. The van der Waals surface area contributed by atoms with Crippen LogP contribution in [0.15, 0.2) is 18.2 Å². The van der Waals surface area contributed by atoms with Crippen LogP contribution in [0.3, 0.4) is 0 Å². The van der Waals surface area contributed by atoms with E-state index < -0.39 is 0 Å².